The van der Waals surface area contributed by atoms with E-state index in [0.717, 1.165) is 6.92 Å². The van der Waals surface area contributed by atoms with Crippen LogP contribution < -0.4 is 5.73 Å². The topological polar surface area (TPSA) is 169 Å². The highest BCUT2D eigenvalue weighted by Gasteiger charge is 2.44. The van der Waals surface area contributed by atoms with Gasteiger partial charge >= 0.3 is 13.8 Å². The van der Waals surface area contributed by atoms with Gasteiger partial charge in [-0.3, -0.25) is 9.32 Å². The van der Waals surface area contributed by atoms with Gasteiger partial charge in [-0.15, -0.1) is 0 Å². The number of phosphoric acid groups is 1. The van der Waals surface area contributed by atoms with E-state index < -0.39 is 51.0 Å². The largest absolute Gasteiger partial charge is 0.469 e. The normalized spacial score (nSPS) is 36.0. The summed E-state index contributed by atoms with van der Waals surface area (Å²) in [5.41, 5.74) is 5.50. The number of hydrogen-bond acceptors (Lipinski definition) is 8. The van der Waals surface area contributed by atoms with E-state index in [4.69, 9.17) is 20.3 Å². The number of aliphatic hydroxyl groups is 2. The fourth-order valence-corrected chi connectivity index (χ4v) is 1.87. The van der Waals surface area contributed by atoms with Crippen LogP contribution in [0.25, 0.3) is 0 Å². The minimum atomic E-state index is -4.75. The summed E-state index contributed by atoms with van der Waals surface area (Å²) in [6.07, 6.45) is -5.68. The van der Waals surface area contributed by atoms with E-state index in [1.165, 1.54) is 0 Å². The van der Waals surface area contributed by atoms with Crippen LogP contribution in [-0.2, 0) is 23.4 Å². The quantitative estimate of drug-likeness (QED) is 0.275. The van der Waals surface area contributed by atoms with Crippen LogP contribution in [0.3, 0.4) is 0 Å². The van der Waals surface area contributed by atoms with Gasteiger partial charge in [0.25, 0.3) is 0 Å². The predicted molar refractivity (Wildman–Crippen MR) is 58.4 cm³/mol. The Bertz CT molecular complexity index is 371. The van der Waals surface area contributed by atoms with Crippen LogP contribution in [0.4, 0.5) is 0 Å². The smallest absolute Gasteiger partial charge is 0.434 e. The molecule has 0 bridgehead atoms. The Balaban J connectivity index is 2.70. The van der Waals surface area contributed by atoms with Crippen molar-refractivity contribution in [3.8, 4) is 0 Å². The van der Waals surface area contributed by atoms with Crippen molar-refractivity contribution in [1.29, 1.82) is 0 Å². The second-order valence-electron chi connectivity index (χ2n) is 4.00. The second-order valence-corrected chi connectivity index (χ2v) is 5.24. The summed E-state index contributed by atoms with van der Waals surface area (Å²) >= 11 is 0. The summed E-state index contributed by atoms with van der Waals surface area (Å²) in [4.78, 5) is 27.9. The molecular formula is C8H16NO9P. The molecule has 0 spiro atoms. The molecule has 1 rings (SSSR count). The average Bonchev–Trinajstić information content (AvgIpc) is 2.26. The standard InChI is InChI=1S/C8H16NO9P/c1-3(10)17-8-5(9)7(12)6(11)4(18-8)2-16-19(13,14)15/h4-8,11-12H,2,9H2,1H3,(H2,13,14,15)/t4-,5-,6-,7-,8?/m1/s1. The van der Waals surface area contributed by atoms with Gasteiger partial charge in [0.05, 0.1) is 12.6 Å². The van der Waals surface area contributed by atoms with Gasteiger partial charge in [0.15, 0.2) is 0 Å². The molecule has 1 heterocycles. The van der Waals surface area contributed by atoms with Crippen molar-refractivity contribution in [3.05, 3.63) is 0 Å². The van der Waals surface area contributed by atoms with Gasteiger partial charge < -0.3 is 35.2 Å². The molecule has 0 aliphatic carbocycles. The molecule has 1 fully saturated rings. The van der Waals surface area contributed by atoms with Crippen LogP contribution in [0.1, 0.15) is 6.92 Å². The van der Waals surface area contributed by atoms with Gasteiger partial charge in [0, 0.05) is 6.92 Å². The summed E-state index contributed by atoms with van der Waals surface area (Å²) < 4.78 is 24.4. The molecule has 1 unspecified atom stereocenters. The van der Waals surface area contributed by atoms with Crippen LogP contribution >= 0.6 is 7.82 Å². The fraction of sp³-hybridized carbons (Fsp3) is 0.875. The number of nitrogens with two attached hydrogens (primary N) is 1. The number of phosphoric ester groups is 1. The lowest BCUT2D eigenvalue weighted by atomic mass is 9.98. The van der Waals surface area contributed by atoms with Gasteiger partial charge in [-0.05, 0) is 0 Å². The molecule has 11 heteroatoms. The first kappa shape index (κ1) is 16.5. The molecule has 5 atom stereocenters. The lowest BCUT2D eigenvalue weighted by molar-refractivity contribution is -0.257. The molecule has 0 aromatic carbocycles. The first-order chi connectivity index (χ1) is 8.61. The van der Waals surface area contributed by atoms with Gasteiger partial charge in [-0.2, -0.15) is 0 Å². The molecule has 19 heavy (non-hydrogen) atoms. The molecule has 1 aliphatic rings. The van der Waals surface area contributed by atoms with E-state index in [-0.39, 0.29) is 0 Å². The SMILES string of the molecule is CC(=O)OC1O[C@H](COP(=O)(O)O)[C@@H](O)[C@H](O)[C@H]1N. The molecule has 1 saturated heterocycles. The van der Waals surface area contributed by atoms with Gasteiger partial charge in [0.1, 0.15) is 18.3 Å². The van der Waals surface area contributed by atoms with Crippen LogP contribution in [0.5, 0.6) is 0 Å². The van der Waals surface area contributed by atoms with Gasteiger partial charge in [-0.1, -0.05) is 0 Å². The maximum Gasteiger partial charge on any atom is 0.469 e. The summed E-state index contributed by atoms with van der Waals surface area (Å²) in [6, 6.07) is -1.19. The van der Waals surface area contributed by atoms with Crippen LogP contribution in [-0.4, -0.2) is 63.2 Å². The van der Waals surface area contributed by atoms with Gasteiger partial charge in [-0.25, -0.2) is 4.57 Å². The van der Waals surface area contributed by atoms with E-state index in [2.05, 4.69) is 9.26 Å². The number of carbonyl (C=O) groups is 1. The lowest BCUT2D eigenvalue weighted by Crippen LogP contribution is -2.62. The maximum atomic E-state index is 10.8. The number of ether oxygens (including phenoxy) is 2. The Kier molecular flexibility index (Phi) is 5.42. The van der Waals surface area contributed by atoms with E-state index in [0.29, 0.717) is 0 Å². The van der Waals surface area contributed by atoms with E-state index >= 15 is 0 Å². The van der Waals surface area contributed by atoms with Gasteiger partial charge in [0.2, 0.25) is 6.29 Å². The minimum absolute atomic E-state index is 0.701. The molecule has 0 aromatic rings. The number of hydrogen-bond donors (Lipinski definition) is 5. The first-order valence-electron chi connectivity index (χ1n) is 5.26. The monoisotopic (exact) mass is 301 g/mol. The van der Waals surface area contributed by atoms with E-state index in [1.807, 2.05) is 0 Å². The zero-order chi connectivity index (χ0) is 14.8. The third-order valence-electron chi connectivity index (χ3n) is 2.44. The predicted octanol–water partition coefficient (Wildman–Crippen LogP) is -2.57. The molecule has 6 N–H and O–H groups in total. The lowest BCUT2D eigenvalue weighted by Gasteiger charge is -2.40. The number of esters is 1. The molecule has 0 saturated carbocycles. The van der Waals surface area contributed by atoms with Crippen LogP contribution in [0.2, 0.25) is 0 Å². The Morgan fingerprint density at radius 3 is 2.42 bits per heavy atom. The number of rotatable bonds is 4. The summed E-state index contributed by atoms with van der Waals surface area (Å²) in [5, 5.41) is 19.3. The van der Waals surface area contributed by atoms with E-state index in [9.17, 15) is 19.6 Å². The molecule has 0 radical (unpaired) electrons. The van der Waals surface area contributed by atoms with Crippen molar-refractivity contribution in [2.24, 2.45) is 5.73 Å². The molecule has 112 valence electrons. The average molecular weight is 301 g/mol. The zero-order valence-corrected chi connectivity index (χ0v) is 10.8. The van der Waals surface area contributed by atoms with Crippen molar-refractivity contribution in [2.75, 3.05) is 6.61 Å². The fourth-order valence-electron chi connectivity index (χ4n) is 1.53. The molecule has 10 nitrogen and oxygen atoms in total. The van der Waals surface area contributed by atoms with Crippen LogP contribution in [0.15, 0.2) is 0 Å². The number of aliphatic hydroxyl groups excluding tert-OH is 2. The second kappa shape index (κ2) is 6.25. The first-order valence-corrected chi connectivity index (χ1v) is 6.79. The van der Waals surface area contributed by atoms with Crippen molar-refractivity contribution in [1.82, 2.24) is 0 Å². The van der Waals surface area contributed by atoms with E-state index in [1.54, 1.807) is 0 Å². The van der Waals surface area contributed by atoms with Crippen molar-refractivity contribution in [3.63, 3.8) is 0 Å². The molecule has 0 aromatic heterocycles. The summed E-state index contributed by atoms with van der Waals surface area (Å²) in [6.45, 7) is 0.391. The Morgan fingerprint density at radius 2 is 1.95 bits per heavy atom. The third kappa shape index (κ3) is 4.79. The minimum Gasteiger partial charge on any atom is -0.434 e. The highest BCUT2D eigenvalue weighted by Crippen LogP contribution is 2.36. The van der Waals surface area contributed by atoms with Crippen LogP contribution in [0, 0.1) is 0 Å². The summed E-state index contributed by atoms with van der Waals surface area (Å²) in [7, 11) is -4.75. The Morgan fingerprint density at radius 1 is 1.37 bits per heavy atom. The molecular weight excluding hydrogens is 285 g/mol. The molecule has 0 amide bonds. The highest BCUT2D eigenvalue weighted by atomic mass is 31.2. The zero-order valence-electron chi connectivity index (χ0n) is 9.95. The summed E-state index contributed by atoms with van der Waals surface area (Å²) in [5.74, 6) is -0.723. The molecule has 1 aliphatic heterocycles. The maximum absolute atomic E-state index is 10.8. The Hall–Kier alpha value is -0.580. The third-order valence-corrected chi connectivity index (χ3v) is 2.92. The number of carbonyl (C=O) groups excluding carboxylic acids is 1. The Labute approximate surface area is 108 Å². The van der Waals surface area contributed by atoms with Crippen molar-refractivity contribution >= 4 is 13.8 Å². The van der Waals surface area contributed by atoms with Crippen molar-refractivity contribution < 1.29 is 43.4 Å². The highest BCUT2D eigenvalue weighted by molar-refractivity contribution is 7.46. The van der Waals surface area contributed by atoms with Crippen molar-refractivity contribution in [2.45, 2.75) is 37.6 Å².